The fourth-order valence-corrected chi connectivity index (χ4v) is 7.78. The van der Waals surface area contributed by atoms with Crippen LogP contribution in [0, 0.1) is 0 Å². The van der Waals surface area contributed by atoms with Gasteiger partial charge in [0.25, 0.3) is 5.91 Å². The maximum atomic E-state index is 13.0. The van der Waals surface area contributed by atoms with E-state index in [1.807, 2.05) is 7.05 Å². The minimum absolute atomic E-state index is 0.108. The third-order valence-corrected chi connectivity index (χ3v) is 14.5. The quantitative estimate of drug-likeness (QED) is 0.0611. The summed E-state index contributed by atoms with van der Waals surface area (Å²) in [6.07, 6.45) is 3.27. The number of rotatable bonds is 17. The number of carbonyl (C=O) groups is 4. The molecule has 2 rings (SSSR count). The highest BCUT2D eigenvalue weighted by Gasteiger charge is 2.38. The molecule has 10 nitrogen and oxygen atoms in total. The summed E-state index contributed by atoms with van der Waals surface area (Å²) in [7, 11) is 0.470. The minimum atomic E-state index is -1.59. The number of esters is 2. The predicted octanol–water partition coefficient (Wildman–Crippen LogP) is 7.12. The second kappa shape index (κ2) is 16.2. The van der Waals surface area contributed by atoms with Crippen molar-refractivity contribution in [1.29, 1.82) is 0 Å². The number of azo groups is 1. The highest BCUT2D eigenvalue weighted by Crippen LogP contribution is 2.44. The van der Waals surface area contributed by atoms with Gasteiger partial charge in [-0.2, -0.15) is 0 Å². The van der Waals surface area contributed by atoms with Gasteiger partial charge in [0.15, 0.2) is 5.78 Å². The van der Waals surface area contributed by atoms with Gasteiger partial charge in [-0.3, -0.25) is 19.2 Å². The van der Waals surface area contributed by atoms with Crippen molar-refractivity contribution in [3.8, 4) is 0 Å². The molecule has 0 aliphatic carbocycles. The van der Waals surface area contributed by atoms with E-state index in [4.69, 9.17) is 9.47 Å². The number of Topliss-reactive ketones (excluding diaryl/α,β-unsaturated/α-hetero) is 1. The van der Waals surface area contributed by atoms with E-state index in [-0.39, 0.29) is 11.7 Å². The normalized spacial score (nSPS) is 14.7. The Hall–Kier alpha value is -3.70. The number of benzene rings is 2. The van der Waals surface area contributed by atoms with Gasteiger partial charge in [0.2, 0.25) is 11.4 Å². The van der Waals surface area contributed by atoms with Crippen LogP contribution in [-0.2, 0) is 30.5 Å². The molecule has 2 aromatic rings. The summed E-state index contributed by atoms with van der Waals surface area (Å²) in [5.74, 6) is -1.49. The highest BCUT2D eigenvalue weighted by atomic mass is 28.3. The molecule has 2 aromatic carbocycles. The van der Waals surface area contributed by atoms with Gasteiger partial charge < -0.3 is 20.1 Å². The Labute approximate surface area is 275 Å². The number of hydrogen-bond donors (Lipinski definition) is 2. The molecule has 0 heterocycles. The molecule has 0 aliphatic heterocycles. The van der Waals surface area contributed by atoms with Gasteiger partial charge in [0.1, 0.15) is 0 Å². The summed E-state index contributed by atoms with van der Waals surface area (Å²) in [5.41, 5.74) is -1.26. The Morgan fingerprint density at radius 1 is 0.717 bits per heavy atom. The molecule has 2 N–H and O–H groups in total. The molecular formula is C35H52N4O6Si. The molecular weight excluding hydrogens is 600 g/mol. The number of nitrogens with one attached hydrogen (secondary N) is 2. The van der Waals surface area contributed by atoms with Crippen LogP contribution < -0.4 is 10.6 Å². The lowest BCUT2D eigenvalue weighted by Gasteiger charge is -2.40. The summed E-state index contributed by atoms with van der Waals surface area (Å²) in [4.78, 5) is 48.8. The average molecular weight is 653 g/mol. The lowest BCUT2D eigenvalue weighted by Crippen LogP contribution is -2.40. The number of amides is 1. The van der Waals surface area contributed by atoms with Crippen LogP contribution in [0.4, 0.5) is 0 Å². The van der Waals surface area contributed by atoms with E-state index in [1.165, 1.54) is 27.2 Å². The molecule has 0 aromatic heterocycles. The van der Waals surface area contributed by atoms with E-state index in [9.17, 15) is 19.2 Å². The fraction of sp³-hybridized carbons (Fsp3) is 0.543. The first-order chi connectivity index (χ1) is 21.4. The zero-order valence-electron chi connectivity index (χ0n) is 29.2. The first-order valence-corrected chi connectivity index (χ1v) is 19.0. The molecule has 0 saturated heterocycles. The van der Waals surface area contributed by atoms with E-state index < -0.39 is 31.5 Å². The molecule has 11 heteroatoms. The third kappa shape index (κ3) is 10.7. The van der Waals surface area contributed by atoms with Gasteiger partial charge >= 0.3 is 11.9 Å². The monoisotopic (exact) mass is 652 g/mol. The summed E-state index contributed by atoms with van der Waals surface area (Å²) >= 11 is 0. The molecule has 0 spiro atoms. The van der Waals surface area contributed by atoms with E-state index in [0.29, 0.717) is 33.8 Å². The highest BCUT2D eigenvalue weighted by molar-refractivity contribution is 6.80. The van der Waals surface area contributed by atoms with Crippen molar-refractivity contribution in [2.75, 3.05) is 20.1 Å². The van der Waals surface area contributed by atoms with Crippen molar-refractivity contribution < 1.29 is 28.7 Å². The first kappa shape index (κ1) is 38.5. The molecule has 1 amide bonds. The van der Waals surface area contributed by atoms with Crippen LogP contribution >= 0.6 is 0 Å². The molecule has 0 saturated carbocycles. The predicted molar refractivity (Wildman–Crippen MR) is 182 cm³/mol. The summed E-state index contributed by atoms with van der Waals surface area (Å²) in [5, 5.41) is 15.3. The fourth-order valence-electron chi connectivity index (χ4n) is 5.19. The van der Waals surface area contributed by atoms with Crippen molar-refractivity contribution in [2.24, 2.45) is 10.2 Å². The number of hydrogen-bond acceptors (Lipinski definition) is 9. The van der Waals surface area contributed by atoms with Crippen molar-refractivity contribution >= 4 is 31.7 Å². The van der Waals surface area contributed by atoms with E-state index >= 15 is 0 Å². The summed E-state index contributed by atoms with van der Waals surface area (Å²) in [6.45, 7) is 18.3. The second-order valence-corrected chi connectivity index (χ2v) is 19.0. The number of ketones is 1. The molecule has 0 bridgehead atoms. The maximum Gasteiger partial charge on any atom is 0.305 e. The third-order valence-electron chi connectivity index (χ3n) is 8.95. The van der Waals surface area contributed by atoms with Crippen LogP contribution in [0.2, 0.25) is 24.2 Å². The van der Waals surface area contributed by atoms with Gasteiger partial charge in [0.05, 0.1) is 8.07 Å². The van der Waals surface area contributed by atoms with E-state index in [2.05, 4.69) is 47.8 Å². The topological polar surface area (TPSA) is 136 Å². The van der Waals surface area contributed by atoms with Crippen LogP contribution in [0.1, 0.15) is 99.6 Å². The zero-order valence-corrected chi connectivity index (χ0v) is 30.2. The molecule has 0 radical (unpaired) electrons. The summed E-state index contributed by atoms with van der Waals surface area (Å²) in [6, 6.07) is 14.2. The lowest BCUT2D eigenvalue weighted by molar-refractivity contribution is -0.162. The van der Waals surface area contributed by atoms with Gasteiger partial charge in [-0.1, -0.05) is 69.4 Å². The molecule has 252 valence electrons. The molecule has 46 heavy (non-hydrogen) atoms. The second-order valence-electron chi connectivity index (χ2n) is 13.4. The number of carbonyl (C=O) groups excluding carboxylic acids is 4. The molecule has 2 atom stereocenters. The van der Waals surface area contributed by atoms with Gasteiger partial charge in [0, 0.05) is 56.5 Å². The van der Waals surface area contributed by atoms with Crippen molar-refractivity contribution in [3.05, 3.63) is 70.8 Å². The Morgan fingerprint density at radius 2 is 1.17 bits per heavy atom. The number of ether oxygens (including phenoxy) is 2. The molecule has 2 unspecified atom stereocenters. The number of nitrogens with zero attached hydrogens (tertiary/aromatic N) is 2. The molecule has 0 fully saturated rings. The lowest BCUT2D eigenvalue weighted by atomic mass is 10.0. The van der Waals surface area contributed by atoms with Gasteiger partial charge in [-0.05, 0) is 56.9 Å². The van der Waals surface area contributed by atoms with Crippen LogP contribution in [0.3, 0.4) is 0 Å². The van der Waals surface area contributed by atoms with E-state index in [1.54, 1.807) is 62.4 Å². The van der Waals surface area contributed by atoms with Crippen LogP contribution in [0.5, 0.6) is 0 Å². The van der Waals surface area contributed by atoms with Crippen molar-refractivity contribution in [1.82, 2.24) is 10.6 Å². The smallest absolute Gasteiger partial charge is 0.305 e. The van der Waals surface area contributed by atoms with Gasteiger partial charge in [-0.25, -0.2) is 0 Å². The Bertz CT molecular complexity index is 1390. The van der Waals surface area contributed by atoms with Crippen LogP contribution in [-0.4, -0.2) is 51.8 Å². The average Bonchev–Trinajstić information content (AvgIpc) is 2.97. The zero-order chi connectivity index (χ0) is 34.8. The van der Waals surface area contributed by atoms with Gasteiger partial charge in [-0.15, -0.1) is 10.2 Å². The van der Waals surface area contributed by atoms with Crippen molar-refractivity contribution in [2.45, 2.75) is 103 Å². The minimum Gasteiger partial charge on any atom is -0.431 e. The first-order valence-electron chi connectivity index (χ1n) is 15.8. The largest absolute Gasteiger partial charge is 0.431 e. The summed E-state index contributed by atoms with van der Waals surface area (Å²) < 4.78 is 11.1. The van der Waals surface area contributed by atoms with Crippen LogP contribution in [0.15, 0.2) is 58.8 Å². The Balaban J connectivity index is 2.19. The van der Waals surface area contributed by atoms with E-state index in [0.717, 1.165) is 25.4 Å². The van der Waals surface area contributed by atoms with Crippen LogP contribution in [0.25, 0.3) is 0 Å². The Morgan fingerprint density at radius 3 is 1.59 bits per heavy atom. The maximum absolute atomic E-state index is 13.0. The SMILES string of the molecule is CNCCCC(C)(C)[Si](C)(C)CCCNC(=O)c1ccc(C(C)(N=NC(C)(OC(C)=O)c2ccc(C(C)=O)cc2)OC(C)=O)cc1. The molecule has 0 aliphatic rings. The van der Waals surface area contributed by atoms with Crippen molar-refractivity contribution in [3.63, 3.8) is 0 Å². The Kier molecular flexibility index (Phi) is 13.6. The standard InChI is InChI=1S/C35H52N4O6Si/c1-25(40)28-13-17-30(18-14-28)34(6,44-26(2)41)38-39-35(7,45-27(3)42)31-19-15-29(16-20-31)32(43)37-23-12-24-46(9,10)33(4,5)21-11-22-36-8/h13-20,36H,11-12,21-24H2,1-10H3,(H,37,43).